The van der Waals surface area contributed by atoms with Crippen LogP contribution in [0.4, 0.5) is 0 Å². The normalized spacial score (nSPS) is 17.2. The van der Waals surface area contributed by atoms with Crippen molar-refractivity contribution < 1.29 is 34.5 Å². The van der Waals surface area contributed by atoms with Gasteiger partial charge in [0.1, 0.15) is 23.9 Å². The van der Waals surface area contributed by atoms with Gasteiger partial charge in [0.2, 0.25) is 17.7 Å². The Bertz CT molecular complexity index is 1370. The number of carboxylic acids is 1. The lowest BCUT2D eigenvalue weighted by Crippen LogP contribution is -2.58. The smallest absolute Gasteiger partial charge is 0.326 e. The van der Waals surface area contributed by atoms with E-state index in [4.69, 9.17) is 5.73 Å². The van der Waals surface area contributed by atoms with E-state index < -0.39 is 54.5 Å². The van der Waals surface area contributed by atoms with Crippen molar-refractivity contribution in [3.05, 3.63) is 65.9 Å². The first kappa shape index (κ1) is 28.6. The first-order valence-corrected chi connectivity index (χ1v) is 13.0. The summed E-state index contributed by atoms with van der Waals surface area (Å²) >= 11 is 0. The maximum atomic E-state index is 13.1. The topological polar surface area (TPSA) is 198 Å². The molecule has 0 spiro atoms. The zero-order valence-corrected chi connectivity index (χ0v) is 21.7. The first-order valence-electron chi connectivity index (χ1n) is 13.0. The summed E-state index contributed by atoms with van der Waals surface area (Å²) in [6.45, 7) is -0.458. The number of benzene rings is 2. The number of phenolic OH excluding ortho intramolecular Hbond substituents is 1. The Labute approximate surface area is 230 Å². The summed E-state index contributed by atoms with van der Waals surface area (Å²) in [4.78, 5) is 55.4. The molecule has 4 rings (SSSR count). The molecule has 1 aliphatic heterocycles. The minimum Gasteiger partial charge on any atom is -0.508 e. The number of hydrogen-bond acceptors (Lipinski definition) is 7. The molecule has 0 aliphatic carbocycles. The Hall–Kier alpha value is -4.42. The number of carboxylic acid groups (broad SMARTS) is 1. The van der Waals surface area contributed by atoms with E-state index >= 15 is 0 Å². The molecule has 2 aromatic carbocycles. The van der Waals surface area contributed by atoms with E-state index in [2.05, 4.69) is 15.6 Å². The van der Waals surface area contributed by atoms with Crippen molar-refractivity contribution in [3.63, 3.8) is 0 Å². The zero-order chi connectivity index (χ0) is 28.8. The summed E-state index contributed by atoms with van der Waals surface area (Å²) in [5.41, 5.74) is 8.39. The number of likely N-dealkylation sites (tertiary alicyclic amines) is 1. The van der Waals surface area contributed by atoms with Crippen LogP contribution in [0.1, 0.15) is 24.0 Å². The number of para-hydroxylation sites is 1. The third-order valence-electron chi connectivity index (χ3n) is 7.08. The van der Waals surface area contributed by atoms with E-state index in [9.17, 15) is 34.5 Å². The largest absolute Gasteiger partial charge is 0.508 e. The number of carbonyl (C=O) groups excluding carboxylic acids is 3. The lowest BCUT2D eigenvalue weighted by atomic mass is 10.0. The number of rotatable bonds is 11. The monoisotopic (exact) mass is 551 g/mol. The van der Waals surface area contributed by atoms with Crippen LogP contribution in [0.25, 0.3) is 10.9 Å². The molecule has 1 aliphatic rings. The number of nitrogens with one attached hydrogen (secondary N) is 3. The van der Waals surface area contributed by atoms with Crippen molar-refractivity contribution in [3.8, 4) is 5.75 Å². The lowest BCUT2D eigenvalue weighted by molar-refractivity contribution is -0.143. The van der Waals surface area contributed by atoms with Crippen LogP contribution in [0.2, 0.25) is 0 Å². The number of phenols is 1. The van der Waals surface area contributed by atoms with Crippen LogP contribution in [0.3, 0.4) is 0 Å². The summed E-state index contributed by atoms with van der Waals surface area (Å²) in [6.07, 6.45) is 2.77. The number of H-pyrrole nitrogens is 1. The summed E-state index contributed by atoms with van der Waals surface area (Å²) in [5, 5.41) is 34.7. The van der Waals surface area contributed by atoms with Gasteiger partial charge in [0.05, 0.1) is 12.6 Å². The van der Waals surface area contributed by atoms with Gasteiger partial charge in [0, 0.05) is 30.1 Å². The number of aliphatic carboxylic acids is 1. The molecule has 12 heteroatoms. The van der Waals surface area contributed by atoms with Gasteiger partial charge in [-0.15, -0.1) is 0 Å². The van der Waals surface area contributed by atoms with Gasteiger partial charge in [-0.05, 0) is 48.6 Å². The average Bonchev–Trinajstić information content (AvgIpc) is 3.59. The van der Waals surface area contributed by atoms with E-state index in [1.54, 1.807) is 18.3 Å². The summed E-state index contributed by atoms with van der Waals surface area (Å²) < 4.78 is 0. The molecule has 4 unspecified atom stereocenters. The number of nitrogens with two attached hydrogens (primary N) is 1. The molecule has 1 fully saturated rings. The first-order chi connectivity index (χ1) is 19.2. The van der Waals surface area contributed by atoms with Crippen LogP contribution in [-0.4, -0.2) is 86.2 Å². The molecule has 1 saturated heterocycles. The van der Waals surface area contributed by atoms with Gasteiger partial charge in [-0.1, -0.05) is 30.3 Å². The molecule has 8 N–H and O–H groups in total. The molecule has 2 heterocycles. The van der Waals surface area contributed by atoms with E-state index in [1.807, 2.05) is 24.3 Å². The number of fused-ring (bicyclic) bond motifs is 1. The maximum Gasteiger partial charge on any atom is 0.326 e. The van der Waals surface area contributed by atoms with Gasteiger partial charge in [-0.2, -0.15) is 0 Å². The Kier molecular flexibility index (Phi) is 9.02. The number of aliphatic hydroxyl groups excluding tert-OH is 1. The van der Waals surface area contributed by atoms with Crippen molar-refractivity contribution in [1.82, 2.24) is 20.5 Å². The predicted molar refractivity (Wildman–Crippen MR) is 145 cm³/mol. The van der Waals surface area contributed by atoms with Gasteiger partial charge in [-0.3, -0.25) is 14.4 Å². The fraction of sp³-hybridized carbons (Fsp3) is 0.357. The quantitative estimate of drug-likeness (QED) is 0.173. The van der Waals surface area contributed by atoms with Crippen molar-refractivity contribution in [2.45, 2.75) is 49.9 Å². The second-order valence-electron chi connectivity index (χ2n) is 9.87. The van der Waals surface area contributed by atoms with Gasteiger partial charge in [-0.25, -0.2) is 4.79 Å². The third-order valence-corrected chi connectivity index (χ3v) is 7.08. The van der Waals surface area contributed by atoms with Crippen LogP contribution >= 0.6 is 0 Å². The second-order valence-corrected chi connectivity index (χ2v) is 9.87. The molecule has 4 atom stereocenters. The molecular formula is C28H33N5O7. The number of amides is 3. The van der Waals surface area contributed by atoms with Crippen LogP contribution in [0.15, 0.2) is 54.7 Å². The van der Waals surface area contributed by atoms with Gasteiger partial charge >= 0.3 is 5.97 Å². The molecule has 0 bridgehead atoms. The van der Waals surface area contributed by atoms with E-state index in [0.29, 0.717) is 24.9 Å². The summed E-state index contributed by atoms with van der Waals surface area (Å²) in [7, 11) is 0. The Morgan fingerprint density at radius 2 is 1.75 bits per heavy atom. The molecule has 3 amide bonds. The molecule has 212 valence electrons. The van der Waals surface area contributed by atoms with Crippen LogP contribution in [0.5, 0.6) is 5.75 Å². The van der Waals surface area contributed by atoms with E-state index in [0.717, 1.165) is 16.5 Å². The number of aromatic hydroxyl groups is 1. The van der Waals surface area contributed by atoms with E-state index in [-0.39, 0.29) is 18.6 Å². The number of carbonyl (C=O) groups is 4. The average molecular weight is 552 g/mol. The Morgan fingerprint density at radius 3 is 2.45 bits per heavy atom. The number of aromatic amines is 1. The fourth-order valence-electron chi connectivity index (χ4n) is 4.94. The Morgan fingerprint density at radius 1 is 1.02 bits per heavy atom. The maximum absolute atomic E-state index is 13.1. The highest BCUT2D eigenvalue weighted by molar-refractivity contribution is 5.94. The summed E-state index contributed by atoms with van der Waals surface area (Å²) in [6, 6.07) is 9.12. The zero-order valence-electron chi connectivity index (χ0n) is 21.7. The van der Waals surface area contributed by atoms with Gasteiger partial charge < -0.3 is 41.6 Å². The van der Waals surface area contributed by atoms with Crippen LogP contribution in [-0.2, 0) is 32.0 Å². The summed E-state index contributed by atoms with van der Waals surface area (Å²) in [5.74, 6) is -3.10. The second kappa shape index (κ2) is 12.6. The number of aromatic nitrogens is 1. The number of aliphatic hydroxyl groups is 1. The highest BCUT2D eigenvalue weighted by Gasteiger charge is 2.38. The van der Waals surface area contributed by atoms with Crippen molar-refractivity contribution in [2.75, 3.05) is 13.2 Å². The van der Waals surface area contributed by atoms with E-state index in [1.165, 1.54) is 17.0 Å². The van der Waals surface area contributed by atoms with Crippen molar-refractivity contribution >= 4 is 34.6 Å². The van der Waals surface area contributed by atoms with Crippen LogP contribution in [0, 0.1) is 0 Å². The Balaban J connectivity index is 1.37. The molecule has 40 heavy (non-hydrogen) atoms. The molecule has 0 saturated carbocycles. The van der Waals surface area contributed by atoms with Crippen molar-refractivity contribution in [2.24, 2.45) is 5.73 Å². The molecular weight excluding hydrogens is 518 g/mol. The fourth-order valence-corrected chi connectivity index (χ4v) is 4.94. The highest BCUT2D eigenvalue weighted by atomic mass is 16.4. The predicted octanol–water partition coefficient (Wildman–Crippen LogP) is 0.0235. The molecule has 0 radical (unpaired) electrons. The standard InChI is InChI=1S/C28H33N5O7/c29-20(12-16-7-9-18(35)10-8-16)27(38)33-11-3-6-24(33)26(37)32-23(15-34)25(36)31-22(28(39)40)13-17-14-30-21-5-2-1-4-19(17)21/h1-2,4-5,7-10,14,20,22-24,30,34-35H,3,6,11-13,15,29H2,(H,31,36)(H,32,37)(H,39,40). The lowest BCUT2D eigenvalue weighted by Gasteiger charge is -2.28. The van der Waals surface area contributed by atoms with Gasteiger partial charge in [0.25, 0.3) is 0 Å². The van der Waals surface area contributed by atoms with Gasteiger partial charge in [0.15, 0.2) is 0 Å². The molecule has 3 aromatic rings. The number of hydrogen-bond donors (Lipinski definition) is 7. The third kappa shape index (κ3) is 6.58. The minimum atomic E-state index is -1.42. The minimum absolute atomic E-state index is 0.0129. The number of nitrogens with zero attached hydrogens (tertiary/aromatic N) is 1. The molecule has 1 aromatic heterocycles. The highest BCUT2D eigenvalue weighted by Crippen LogP contribution is 2.21. The van der Waals surface area contributed by atoms with Crippen LogP contribution < -0.4 is 16.4 Å². The molecule has 12 nitrogen and oxygen atoms in total. The van der Waals surface area contributed by atoms with Crippen molar-refractivity contribution in [1.29, 1.82) is 0 Å². The SMILES string of the molecule is NC(Cc1ccc(O)cc1)C(=O)N1CCCC1C(=O)NC(CO)C(=O)NC(Cc1c[nH]c2ccccc12)C(=O)O.